The number of nitrogens with two attached hydrogens (primary N) is 1. The molecule has 0 aliphatic heterocycles. The minimum atomic E-state index is 0.0396. The number of benzene rings is 2. The van der Waals surface area contributed by atoms with E-state index in [0.717, 1.165) is 64.4 Å². The average Bonchev–Trinajstić information content (AvgIpc) is 3.18. The molecule has 0 bridgehead atoms. The Morgan fingerprint density at radius 3 is 2.66 bits per heavy atom. The molecule has 0 unspecified atom stereocenters. The second-order valence-electron chi connectivity index (χ2n) is 7.87. The molecule has 5 nitrogen and oxygen atoms in total. The van der Waals surface area contributed by atoms with Gasteiger partial charge in [0.1, 0.15) is 11.3 Å². The molecular formula is C24H23N3O2. The van der Waals surface area contributed by atoms with E-state index in [1.54, 1.807) is 0 Å². The van der Waals surface area contributed by atoms with Gasteiger partial charge in [-0.2, -0.15) is 0 Å². The molecule has 0 spiro atoms. The fraction of sp³-hybridized carbons (Fsp3) is 0.250. The van der Waals surface area contributed by atoms with Crippen molar-refractivity contribution in [2.24, 2.45) is 11.7 Å². The van der Waals surface area contributed by atoms with Crippen molar-refractivity contribution in [3.63, 3.8) is 0 Å². The van der Waals surface area contributed by atoms with Crippen LogP contribution in [0.2, 0.25) is 0 Å². The van der Waals surface area contributed by atoms with Gasteiger partial charge in [0, 0.05) is 46.4 Å². The summed E-state index contributed by atoms with van der Waals surface area (Å²) >= 11 is 0. The first-order chi connectivity index (χ1) is 14.2. The first kappa shape index (κ1) is 17.9. The summed E-state index contributed by atoms with van der Waals surface area (Å²) in [5.41, 5.74) is 8.52. The fourth-order valence-corrected chi connectivity index (χ4v) is 4.18. The van der Waals surface area contributed by atoms with Gasteiger partial charge in [-0.15, -0.1) is 0 Å². The molecule has 5 rings (SSSR count). The molecular weight excluding hydrogens is 362 g/mol. The van der Waals surface area contributed by atoms with Crippen LogP contribution in [0.4, 0.5) is 5.69 Å². The van der Waals surface area contributed by atoms with Gasteiger partial charge in [-0.25, -0.2) is 0 Å². The maximum Gasteiger partial charge on any atom is 0.227 e. The summed E-state index contributed by atoms with van der Waals surface area (Å²) in [4.78, 5) is 17.1. The summed E-state index contributed by atoms with van der Waals surface area (Å²) in [6.07, 6.45) is 7.18. The van der Waals surface area contributed by atoms with Crippen LogP contribution >= 0.6 is 0 Å². The number of amides is 1. The van der Waals surface area contributed by atoms with E-state index in [-0.39, 0.29) is 17.9 Å². The van der Waals surface area contributed by atoms with Crippen molar-refractivity contribution < 1.29 is 9.21 Å². The van der Waals surface area contributed by atoms with Crippen molar-refractivity contribution in [1.82, 2.24) is 4.98 Å². The highest BCUT2D eigenvalue weighted by molar-refractivity contribution is 6.01. The van der Waals surface area contributed by atoms with E-state index in [9.17, 15) is 4.79 Å². The van der Waals surface area contributed by atoms with E-state index in [1.165, 1.54) is 0 Å². The number of fused-ring (bicyclic) bond motifs is 2. The second-order valence-corrected chi connectivity index (χ2v) is 7.87. The average molecular weight is 385 g/mol. The molecule has 2 aromatic heterocycles. The Bertz CT molecular complexity index is 1160. The number of carbonyl (C=O) groups excluding carboxylic acids is 1. The lowest BCUT2D eigenvalue weighted by atomic mass is 9.86. The van der Waals surface area contributed by atoms with Gasteiger partial charge < -0.3 is 15.5 Å². The van der Waals surface area contributed by atoms with Gasteiger partial charge in [0.05, 0.1) is 0 Å². The Kier molecular flexibility index (Phi) is 4.52. The number of para-hydroxylation sites is 1. The summed E-state index contributed by atoms with van der Waals surface area (Å²) in [6.45, 7) is 0. The third-order valence-electron chi connectivity index (χ3n) is 5.86. The van der Waals surface area contributed by atoms with Crippen LogP contribution in [-0.4, -0.2) is 16.9 Å². The Balaban J connectivity index is 1.48. The number of hydrogen-bond acceptors (Lipinski definition) is 4. The predicted molar refractivity (Wildman–Crippen MR) is 116 cm³/mol. The molecule has 5 heteroatoms. The third kappa shape index (κ3) is 3.49. The summed E-state index contributed by atoms with van der Waals surface area (Å²) in [5.74, 6) is 0.891. The van der Waals surface area contributed by atoms with Crippen LogP contribution in [0.1, 0.15) is 25.7 Å². The number of pyridine rings is 1. The first-order valence-corrected chi connectivity index (χ1v) is 10.1. The van der Waals surface area contributed by atoms with Crippen LogP contribution in [0.25, 0.3) is 33.1 Å². The quantitative estimate of drug-likeness (QED) is 0.514. The van der Waals surface area contributed by atoms with E-state index in [4.69, 9.17) is 10.2 Å². The van der Waals surface area contributed by atoms with Crippen LogP contribution in [0.15, 0.2) is 65.3 Å². The van der Waals surface area contributed by atoms with Gasteiger partial charge >= 0.3 is 0 Å². The highest BCUT2D eigenvalue weighted by atomic mass is 16.3. The maximum atomic E-state index is 12.7. The van der Waals surface area contributed by atoms with E-state index >= 15 is 0 Å². The fourth-order valence-electron chi connectivity index (χ4n) is 4.18. The molecule has 3 N–H and O–H groups in total. The molecule has 1 amide bonds. The molecule has 29 heavy (non-hydrogen) atoms. The van der Waals surface area contributed by atoms with E-state index in [0.29, 0.717) is 0 Å². The van der Waals surface area contributed by atoms with E-state index in [2.05, 4.69) is 10.3 Å². The molecule has 1 fully saturated rings. The van der Waals surface area contributed by atoms with Crippen LogP contribution in [0, 0.1) is 5.92 Å². The molecule has 2 aromatic carbocycles. The van der Waals surface area contributed by atoms with Crippen molar-refractivity contribution >= 4 is 33.3 Å². The largest absolute Gasteiger partial charge is 0.456 e. The summed E-state index contributed by atoms with van der Waals surface area (Å²) in [6, 6.07) is 16.1. The third-order valence-corrected chi connectivity index (χ3v) is 5.86. The van der Waals surface area contributed by atoms with Gasteiger partial charge in [-0.05, 0) is 55.3 Å². The SMILES string of the molecule is N[C@H]1CC[C@H](C(=O)Nc2ccc3cncc(-c4cc5ccccc5o4)c3c2)CC1. The minimum Gasteiger partial charge on any atom is -0.456 e. The highest BCUT2D eigenvalue weighted by Gasteiger charge is 2.24. The van der Waals surface area contributed by atoms with Crippen molar-refractivity contribution in [2.45, 2.75) is 31.7 Å². The first-order valence-electron chi connectivity index (χ1n) is 10.1. The Morgan fingerprint density at radius 1 is 1.00 bits per heavy atom. The van der Waals surface area contributed by atoms with E-state index < -0.39 is 0 Å². The second kappa shape index (κ2) is 7.33. The summed E-state index contributed by atoms with van der Waals surface area (Å²) < 4.78 is 6.05. The lowest BCUT2D eigenvalue weighted by molar-refractivity contribution is -0.120. The molecule has 0 saturated heterocycles. The topological polar surface area (TPSA) is 81.2 Å². The van der Waals surface area contributed by atoms with Crippen LogP contribution < -0.4 is 11.1 Å². The number of hydrogen-bond donors (Lipinski definition) is 2. The Morgan fingerprint density at radius 2 is 1.83 bits per heavy atom. The van der Waals surface area contributed by atoms with Crippen molar-refractivity contribution in [3.8, 4) is 11.3 Å². The number of nitrogens with one attached hydrogen (secondary N) is 1. The van der Waals surface area contributed by atoms with Gasteiger partial charge in [-0.1, -0.05) is 24.3 Å². The summed E-state index contributed by atoms with van der Waals surface area (Å²) in [7, 11) is 0. The standard InChI is InChI=1S/C24H23N3O2/c25-18-8-5-15(6-9-18)24(28)27-19-10-7-17-13-26-14-21(20(17)12-19)23-11-16-3-1-2-4-22(16)29-23/h1-4,7,10-15,18H,5-6,8-9,25H2,(H,27,28)/t15-,18-. The van der Waals surface area contributed by atoms with Crippen LogP contribution in [0.5, 0.6) is 0 Å². The van der Waals surface area contributed by atoms with Crippen molar-refractivity contribution in [3.05, 3.63) is 60.9 Å². The van der Waals surface area contributed by atoms with E-state index in [1.807, 2.05) is 60.9 Å². The molecule has 146 valence electrons. The zero-order valence-electron chi connectivity index (χ0n) is 16.1. The number of aromatic nitrogens is 1. The van der Waals surface area contributed by atoms with Crippen LogP contribution in [0.3, 0.4) is 0 Å². The lowest BCUT2D eigenvalue weighted by Crippen LogP contribution is -2.32. The molecule has 4 aromatic rings. The minimum absolute atomic E-state index is 0.0396. The number of furan rings is 1. The van der Waals surface area contributed by atoms with Crippen molar-refractivity contribution in [2.75, 3.05) is 5.32 Å². The highest BCUT2D eigenvalue weighted by Crippen LogP contribution is 2.34. The van der Waals surface area contributed by atoms with Gasteiger partial charge in [0.2, 0.25) is 5.91 Å². The lowest BCUT2D eigenvalue weighted by Gasteiger charge is -2.25. The smallest absolute Gasteiger partial charge is 0.227 e. The van der Waals surface area contributed by atoms with Gasteiger partial charge in [0.25, 0.3) is 0 Å². The molecule has 1 aliphatic carbocycles. The zero-order valence-corrected chi connectivity index (χ0v) is 16.1. The molecule has 1 saturated carbocycles. The Hall–Kier alpha value is -3.18. The van der Waals surface area contributed by atoms with Gasteiger partial charge in [-0.3, -0.25) is 9.78 Å². The molecule has 2 heterocycles. The Labute approximate surface area is 168 Å². The van der Waals surface area contributed by atoms with Gasteiger partial charge in [0.15, 0.2) is 0 Å². The number of anilines is 1. The van der Waals surface area contributed by atoms with Crippen LogP contribution in [-0.2, 0) is 4.79 Å². The molecule has 0 atom stereocenters. The molecule has 0 radical (unpaired) electrons. The zero-order chi connectivity index (χ0) is 19.8. The summed E-state index contributed by atoms with van der Waals surface area (Å²) in [5, 5.41) is 6.15. The predicted octanol–water partition coefficient (Wildman–Crippen LogP) is 5.10. The normalized spacial score (nSPS) is 19.5. The molecule has 1 aliphatic rings. The maximum absolute atomic E-state index is 12.7. The van der Waals surface area contributed by atoms with Crippen molar-refractivity contribution in [1.29, 1.82) is 0 Å². The number of rotatable bonds is 3. The number of nitrogens with zero attached hydrogens (tertiary/aromatic N) is 1. The monoisotopic (exact) mass is 385 g/mol. The number of carbonyl (C=O) groups is 1.